The Morgan fingerprint density at radius 1 is 1.56 bits per heavy atom. The van der Waals surface area contributed by atoms with Crippen molar-refractivity contribution >= 4 is 39.0 Å². The van der Waals surface area contributed by atoms with Gasteiger partial charge in [0.05, 0.1) is 11.0 Å². The van der Waals surface area contributed by atoms with Crippen LogP contribution in [0.5, 0.6) is 0 Å². The topological polar surface area (TPSA) is 55.1 Å². The SMILES string of the molecule is Cc1ccc(Br)cc1C(=O)NC(C)C(N)=S. The molecular formula is C11H13BrN2OS. The molecule has 3 nitrogen and oxygen atoms in total. The second kappa shape index (κ2) is 5.41. The van der Waals surface area contributed by atoms with Crippen molar-refractivity contribution in [2.75, 3.05) is 0 Å². The van der Waals surface area contributed by atoms with Gasteiger partial charge in [0.25, 0.3) is 5.91 Å². The fourth-order valence-electron chi connectivity index (χ4n) is 1.18. The normalized spacial score (nSPS) is 11.9. The Kier molecular flexibility index (Phi) is 4.44. The molecule has 1 unspecified atom stereocenters. The second-order valence-electron chi connectivity index (χ2n) is 3.56. The summed E-state index contributed by atoms with van der Waals surface area (Å²) in [6.45, 7) is 3.64. The predicted molar refractivity (Wildman–Crippen MR) is 72.6 cm³/mol. The van der Waals surface area contributed by atoms with Crippen molar-refractivity contribution in [1.82, 2.24) is 5.32 Å². The minimum Gasteiger partial charge on any atom is -0.392 e. The van der Waals surface area contributed by atoms with Gasteiger partial charge in [0.15, 0.2) is 0 Å². The van der Waals surface area contributed by atoms with E-state index in [4.69, 9.17) is 18.0 Å². The Morgan fingerprint density at radius 3 is 2.75 bits per heavy atom. The minimum absolute atomic E-state index is 0.167. The maximum atomic E-state index is 11.9. The largest absolute Gasteiger partial charge is 0.392 e. The molecule has 0 aliphatic heterocycles. The number of carbonyl (C=O) groups is 1. The molecule has 0 heterocycles. The molecule has 0 radical (unpaired) electrons. The van der Waals surface area contributed by atoms with Crippen molar-refractivity contribution in [3.8, 4) is 0 Å². The first-order valence-corrected chi connectivity index (χ1v) is 5.98. The quantitative estimate of drug-likeness (QED) is 0.841. The van der Waals surface area contributed by atoms with Crippen molar-refractivity contribution in [3.63, 3.8) is 0 Å². The zero-order valence-corrected chi connectivity index (χ0v) is 11.5. The van der Waals surface area contributed by atoms with Gasteiger partial charge in [-0.3, -0.25) is 4.79 Å². The Labute approximate surface area is 109 Å². The Bertz CT molecular complexity index is 434. The van der Waals surface area contributed by atoms with Crippen LogP contribution >= 0.6 is 28.1 Å². The number of aryl methyl sites for hydroxylation is 1. The highest BCUT2D eigenvalue weighted by molar-refractivity contribution is 9.10. The van der Waals surface area contributed by atoms with Crippen molar-refractivity contribution in [2.45, 2.75) is 19.9 Å². The molecule has 0 aliphatic carbocycles. The minimum atomic E-state index is -0.305. The number of thiocarbonyl (C=S) groups is 1. The van der Waals surface area contributed by atoms with Crippen LogP contribution in [0, 0.1) is 6.92 Å². The summed E-state index contributed by atoms with van der Waals surface area (Å²) in [6, 6.07) is 5.24. The van der Waals surface area contributed by atoms with Crippen molar-refractivity contribution in [1.29, 1.82) is 0 Å². The Hall–Kier alpha value is -0.940. The van der Waals surface area contributed by atoms with E-state index in [1.54, 1.807) is 13.0 Å². The van der Waals surface area contributed by atoms with E-state index in [9.17, 15) is 4.79 Å². The average molecular weight is 301 g/mol. The summed E-state index contributed by atoms with van der Waals surface area (Å²) in [7, 11) is 0. The molecule has 0 aliphatic rings. The van der Waals surface area contributed by atoms with E-state index in [0.29, 0.717) is 5.56 Å². The molecule has 16 heavy (non-hydrogen) atoms. The Balaban J connectivity index is 2.88. The molecule has 1 aromatic rings. The maximum absolute atomic E-state index is 11.9. The van der Waals surface area contributed by atoms with E-state index in [0.717, 1.165) is 10.0 Å². The molecule has 0 saturated carbocycles. The van der Waals surface area contributed by atoms with E-state index in [1.807, 2.05) is 19.1 Å². The lowest BCUT2D eigenvalue weighted by Crippen LogP contribution is -2.41. The first-order valence-electron chi connectivity index (χ1n) is 4.78. The number of benzene rings is 1. The van der Waals surface area contributed by atoms with Gasteiger partial charge in [-0.25, -0.2) is 0 Å². The molecule has 0 bridgehead atoms. The van der Waals surface area contributed by atoms with Crippen LogP contribution in [0.2, 0.25) is 0 Å². The van der Waals surface area contributed by atoms with Gasteiger partial charge >= 0.3 is 0 Å². The molecule has 1 aromatic carbocycles. The van der Waals surface area contributed by atoms with Gasteiger partial charge in [-0.05, 0) is 31.5 Å². The third kappa shape index (κ3) is 3.28. The van der Waals surface area contributed by atoms with Gasteiger partial charge in [0, 0.05) is 10.0 Å². The van der Waals surface area contributed by atoms with Crippen LogP contribution in [-0.2, 0) is 0 Å². The molecule has 1 atom stereocenters. The number of hydrogen-bond donors (Lipinski definition) is 2. The number of halogens is 1. The molecule has 0 saturated heterocycles. The summed E-state index contributed by atoms with van der Waals surface area (Å²) in [5.74, 6) is -0.167. The molecule has 3 N–H and O–H groups in total. The lowest BCUT2D eigenvalue weighted by atomic mass is 10.1. The van der Waals surface area contributed by atoms with Crippen LogP contribution in [0.4, 0.5) is 0 Å². The number of amides is 1. The molecular weight excluding hydrogens is 288 g/mol. The summed E-state index contributed by atoms with van der Waals surface area (Å²) in [5, 5.41) is 2.74. The highest BCUT2D eigenvalue weighted by Gasteiger charge is 2.13. The van der Waals surface area contributed by atoms with Crippen LogP contribution in [0.1, 0.15) is 22.8 Å². The average Bonchev–Trinajstić information content (AvgIpc) is 2.21. The van der Waals surface area contributed by atoms with Crippen LogP contribution in [0.3, 0.4) is 0 Å². The monoisotopic (exact) mass is 300 g/mol. The summed E-state index contributed by atoms with van der Waals surface area (Å²) in [6.07, 6.45) is 0. The molecule has 5 heteroatoms. The lowest BCUT2D eigenvalue weighted by molar-refractivity contribution is 0.0948. The molecule has 86 valence electrons. The first kappa shape index (κ1) is 13.1. The third-order valence-electron chi connectivity index (χ3n) is 2.22. The van der Waals surface area contributed by atoms with E-state index in [1.165, 1.54) is 0 Å². The van der Waals surface area contributed by atoms with Crippen molar-refractivity contribution < 1.29 is 4.79 Å². The van der Waals surface area contributed by atoms with E-state index >= 15 is 0 Å². The van der Waals surface area contributed by atoms with E-state index < -0.39 is 0 Å². The van der Waals surface area contributed by atoms with Gasteiger partial charge < -0.3 is 11.1 Å². The predicted octanol–water partition coefficient (Wildman–Crippen LogP) is 2.16. The number of rotatable bonds is 3. The van der Waals surface area contributed by atoms with Gasteiger partial charge in [-0.2, -0.15) is 0 Å². The standard InChI is InChI=1S/C11H13BrN2OS/c1-6-3-4-8(12)5-9(6)11(15)14-7(2)10(13)16/h3-5,7H,1-2H3,(H2,13,16)(H,14,15). The zero-order valence-electron chi connectivity index (χ0n) is 9.08. The second-order valence-corrected chi connectivity index (χ2v) is 4.94. The smallest absolute Gasteiger partial charge is 0.252 e. The maximum Gasteiger partial charge on any atom is 0.252 e. The molecule has 1 amide bonds. The number of nitrogens with one attached hydrogen (secondary N) is 1. The van der Waals surface area contributed by atoms with Crippen LogP contribution in [0.15, 0.2) is 22.7 Å². The number of hydrogen-bond acceptors (Lipinski definition) is 2. The number of nitrogens with two attached hydrogens (primary N) is 1. The summed E-state index contributed by atoms with van der Waals surface area (Å²) in [5.41, 5.74) is 6.97. The highest BCUT2D eigenvalue weighted by atomic mass is 79.9. The van der Waals surface area contributed by atoms with Crippen LogP contribution in [0.25, 0.3) is 0 Å². The summed E-state index contributed by atoms with van der Waals surface area (Å²) in [4.78, 5) is 12.2. The van der Waals surface area contributed by atoms with Crippen LogP contribution in [-0.4, -0.2) is 16.9 Å². The molecule has 0 fully saturated rings. The third-order valence-corrected chi connectivity index (χ3v) is 3.07. The lowest BCUT2D eigenvalue weighted by Gasteiger charge is -2.13. The van der Waals surface area contributed by atoms with E-state index in [2.05, 4.69) is 21.2 Å². The molecule has 0 aromatic heterocycles. The van der Waals surface area contributed by atoms with Gasteiger partial charge in [-0.1, -0.05) is 34.2 Å². The van der Waals surface area contributed by atoms with Gasteiger partial charge in [0.1, 0.15) is 0 Å². The van der Waals surface area contributed by atoms with Crippen molar-refractivity contribution in [3.05, 3.63) is 33.8 Å². The zero-order chi connectivity index (χ0) is 12.3. The summed E-state index contributed by atoms with van der Waals surface area (Å²) >= 11 is 8.13. The highest BCUT2D eigenvalue weighted by Crippen LogP contribution is 2.16. The fraction of sp³-hybridized carbons (Fsp3) is 0.273. The van der Waals surface area contributed by atoms with Gasteiger partial charge in [0.2, 0.25) is 0 Å². The van der Waals surface area contributed by atoms with Crippen molar-refractivity contribution in [2.24, 2.45) is 5.73 Å². The number of carbonyl (C=O) groups excluding carboxylic acids is 1. The summed E-state index contributed by atoms with van der Waals surface area (Å²) < 4.78 is 0.867. The Morgan fingerprint density at radius 2 is 2.19 bits per heavy atom. The first-order chi connectivity index (χ1) is 7.41. The molecule has 1 rings (SSSR count). The molecule has 0 spiro atoms. The van der Waals surface area contributed by atoms with Gasteiger partial charge in [-0.15, -0.1) is 0 Å². The van der Waals surface area contributed by atoms with E-state index in [-0.39, 0.29) is 16.9 Å². The van der Waals surface area contributed by atoms with Crippen LogP contribution < -0.4 is 11.1 Å². The fourth-order valence-corrected chi connectivity index (χ4v) is 1.60.